The third kappa shape index (κ3) is 6.08. The van der Waals surface area contributed by atoms with Crippen molar-refractivity contribution < 1.29 is 9.90 Å². The molecule has 2 heterocycles. The summed E-state index contributed by atoms with van der Waals surface area (Å²) in [4.78, 5) is 18.3. The van der Waals surface area contributed by atoms with Crippen molar-refractivity contribution in [1.29, 1.82) is 0 Å². The quantitative estimate of drug-likeness (QED) is 0.238. The van der Waals surface area contributed by atoms with Crippen molar-refractivity contribution >= 4 is 43.9 Å². The highest BCUT2D eigenvalue weighted by Gasteiger charge is 2.36. The van der Waals surface area contributed by atoms with Crippen LogP contribution in [0.15, 0.2) is 52.8 Å². The Morgan fingerprint density at radius 3 is 1.69 bits per heavy atom. The molecule has 1 aliphatic heterocycles. The second kappa shape index (κ2) is 9.36. The summed E-state index contributed by atoms with van der Waals surface area (Å²) in [6.45, 7) is 26.5. The molecular formula is C32H43O2S2+. The van der Waals surface area contributed by atoms with Gasteiger partial charge in [0.05, 0.1) is 11.1 Å². The molecule has 0 saturated carbocycles. The van der Waals surface area contributed by atoms with E-state index < -0.39 is 0 Å². The highest BCUT2D eigenvalue weighted by Crippen LogP contribution is 2.38. The van der Waals surface area contributed by atoms with Gasteiger partial charge in [0.2, 0.25) is 26.9 Å². The lowest BCUT2D eigenvalue weighted by Gasteiger charge is -2.28. The summed E-state index contributed by atoms with van der Waals surface area (Å²) in [6.07, 6.45) is 7.96. The normalized spacial score (nSPS) is 19.8. The second-order valence-electron chi connectivity index (χ2n) is 14.0. The van der Waals surface area contributed by atoms with Gasteiger partial charge in [0.1, 0.15) is 5.76 Å². The van der Waals surface area contributed by atoms with E-state index in [9.17, 15) is 9.90 Å². The van der Waals surface area contributed by atoms with Crippen molar-refractivity contribution in [2.75, 3.05) is 0 Å². The van der Waals surface area contributed by atoms with Crippen LogP contribution in [-0.2, 0) is 15.6 Å². The Kier molecular flexibility index (Phi) is 7.42. The zero-order valence-corrected chi connectivity index (χ0v) is 25.8. The first-order chi connectivity index (χ1) is 16.2. The SMILES string of the molecule is CC(C)(C)C1=S=C(C(C)(C)C)/C(=C/C2=C(O)C(=Cc3cc(C(C)(C)C)[s+]c(C(C)(C)C)c3)C2=O)C=C1. The van der Waals surface area contributed by atoms with Crippen LogP contribution >= 0.6 is 22.3 Å². The molecule has 0 fully saturated rings. The number of aliphatic hydroxyl groups is 1. The van der Waals surface area contributed by atoms with E-state index in [1.807, 2.05) is 23.5 Å². The fraction of sp³-hybridized carbons (Fsp3) is 0.500. The van der Waals surface area contributed by atoms with E-state index in [1.165, 1.54) is 19.5 Å². The van der Waals surface area contributed by atoms with Crippen LogP contribution < -0.4 is 0 Å². The van der Waals surface area contributed by atoms with Gasteiger partial charge in [-0.25, -0.2) is 0 Å². The molecule has 0 amide bonds. The van der Waals surface area contributed by atoms with E-state index in [2.05, 4.69) is 107 Å². The number of hydrogen-bond donors (Lipinski definition) is 1. The molecular weight excluding hydrogens is 480 g/mol. The zero-order chi connectivity index (χ0) is 27.4. The summed E-state index contributed by atoms with van der Waals surface area (Å²) in [7, 11) is 1.79. The first-order valence-electron chi connectivity index (χ1n) is 12.7. The van der Waals surface area contributed by atoms with Crippen LogP contribution in [0.25, 0.3) is 6.08 Å². The third-order valence-corrected chi connectivity index (χ3v) is 10.1. The van der Waals surface area contributed by atoms with E-state index in [0.29, 0.717) is 11.1 Å². The van der Waals surface area contributed by atoms with Crippen molar-refractivity contribution in [2.24, 2.45) is 10.8 Å². The molecule has 1 N–H and O–H groups in total. The average Bonchev–Trinajstić information content (AvgIpc) is 2.72. The molecule has 0 spiro atoms. The van der Waals surface area contributed by atoms with Crippen molar-refractivity contribution in [3.8, 4) is 0 Å². The lowest BCUT2D eigenvalue weighted by Crippen LogP contribution is -2.26. The Morgan fingerprint density at radius 2 is 1.28 bits per heavy atom. The highest BCUT2D eigenvalue weighted by molar-refractivity contribution is 7.99. The van der Waals surface area contributed by atoms with Crippen molar-refractivity contribution in [3.63, 3.8) is 0 Å². The number of allylic oxidation sites excluding steroid dienone is 6. The van der Waals surface area contributed by atoms with Crippen molar-refractivity contribution in [1.82, 2.24) is 0 Å². The molecule has 1 aromatic heterocycles. The predicted octanol–water partition coefficient (Wildman–Crippen LogP) is 9.07. The smallest absolute Gasteiger partial charge is 0.219 e. The third-order valence-electron chi connectivity index (χ3n) is 6.21. The number of rotatable bonds is 2. The number of Topliss-reactive ketones (excluding diaryl/α,β-unsaturated/α-hetero) is 1. The molecule has 0 unspecified atom stereocenters. The standard InChI is InChI=1S/C32H42O2S2/c1-29(2,3)23-14-13-20(28(36-23)32(10,11)12)18-22-26(33)21(27(22)34)15-19-16-24(30(4,5)6)35-25(17-19)31(7,8)9/h13-18H,1-12H3/p+1/b20-18+. The summed E-state index contributed by atoms with van der Waals surface area (Å²) >= 11 is 1.82. The summed E-state index contributed by atoms with van der Waals surface area (Å²) in [5.74, 6) is -0.00805. The molecule has 0 saturated heterocycles. The summed E-state index contributed by atoms with van der Waals surface area (Å²) in [5, 5.41) is 11.0. The maximum absolute atomic E-state index is 13.2. The van der Waals surface area contributed by atoms with Gasteiger partial charge in [0.15, 0.2) is 0 Å². The maximum atomic E-state index is 13.2. The monoisotopic (exact) mass is 523 g/mol. The maximum Gasteiger partial charge on any atom is 0.219 e. The van der Waals surface area contributed by atoms with Gasteiger partial charge >= 0.3 is 0 Å². The molecule has 0 aromatic carbocycles. The largest absolute Gasteiger partial charge is 0.506 e. The summed E-state index contributed by atoms with van der Waals surface area (Å²) < 4.78 is 0. The van der Waals surface area contributed by atoms with Crippen LogP contribution in [0.3, 0.4) is 0 Å². The second-order valence-corrected chi connectivity index (χ2v) is 16.1. The number of carbonyl (C=O) groups is 1. The number of ketones is 1. The predicted molar refractivity (Wildman–Crippen MR) is 163 cm³/mol. The zero-order valence-electron chi connectivity index (χ0n) is 24.1. The van der Waals surface area contributed by atoms with Gasteiger partial charge in [-0.3, -0.25) is 4.79 Å². The van der Waals surface area contributed by atoms with Gasteiger partial charge in [0, 0.05) is 32.7 Å². The molecule has 3 rings (SSSR count). The van der Waals surface area contributed by atoms with Crippen molar-refractivity contribution in [2.45, 2.75) is 93.9 Å². The van der Waals surface area contributed by atoms with Crippen LogP contribution in [-0.4, -0.2) is 20.6 Å². The summed E-state index contributed by atoms with van der Waals surface area (Å²) in [5.41, 5.74) is 2.74. The Bertz CT molecular complexity index is 1260. The molecule has 194 valence electrons. The molecule has 2 aliphatic rings. The van der Waals surface area contributed by atoms with Crippen LogP contribution in [0.2, 0.25) is 0 Å². The minimum Gasteiger partial charge on any atom is -0.506 e. The Morgan fingerprint density at radius 1 is 0.750 bits per heavy atom. The van der Waals surface area contributed by atoms with Crippen LogP contribution in [0.4, 0.5) is 0 Å². The molecule has 1 aromatic rings. The van der Waals surface area contributed by atoms with Gasteiger partial charge in [-0.15, -0.1) is 10.9 Å². The molecule has 36 heavy (non-hydrogen) atoms. The van der Waals surface area contributed by atoms with E-state index >= 15 is 0 Å². The van der Waals surface area contributed by atoms with Gasteiger partial charge < -0.3 is 5.11 Å². The topological polar surface area (TPSA) is 37.3 Å². The molecule has 0 atom stereocenters. The van der Waals surface area contributed by atoms with E-state index in [4.69, 9.17) is 0 Å². The number of hydrogen-bond acceptors (Lipinski definition) is 2. The minimum atomic E-state index is -0.0978. The Hall–Kier alpha value is -2.04. The molecule has 1 aliphatic carbocycles. The van der Waals surface area contributed by atoms with Gasteiger partial charge in [0.25, 0.3) is 0 Å². The molecule has 4 heteroatoms. The van der Waals surface area contributed by atoms with E-state index in [-0.39, 0.29) is 33.2 Å². The van der Waals surface area contributed by atoms with E-state index in [1.54, 1.807) is 10.9 Å². The van der Waals surface area contributed by atoms with Crippen LogP contribution in [0, 0.1) is 10.8 Å². The molecule has 2 nitrogen and oxygen atoms in total. The van der Waals surface area contributed by atoms with Gasteiger partial charge in [-0.1, -0.05) is 89.2 Å². The Labute approximate surface area is 226 Å². The van der Waals surface area contributed by atoms with Crippen LogP contribution in [0.1, 0.15) is 98.4 Å². The molecule has 0 bridgehead atoms. The number of aliphatic hydroxyl groups excluding tert-OH is 1. The van der Waals surface area contributed by atoms with Gasteiger partial charge in [-0.05, 0) is 40.2 Å². The van der Waals surface area contributed by atoms with Gasteiger partial charge in [-0.2, -0.15) is 0 Å². The van der Waals surface area contributed by atoms with E-state index in [0.717, 1.165) is 11.1 Å². The lowest BCUT2D eigenvalue weighted by molar-refractivity contribution is -0.113. The van der Waals surface area contributed by atoms with Crippen LogP contribution in [0.5, 0.6) is 0 Å². The molecule has 0 radical (unpaired) electrons. The average molecular weight is 524 g/mol. The highest BCUT2D eigenvalue weighted by atomic mass is 32.1. The number of carbonyl (C=O) groups excluding carboxylic acids is 1. The first kappa shape index (κ1) is 28.5. The minimum absolute atomic E-state index is 0.00334. The summed E-state index contributed by atoms with van der Waals surface area (Å²) in [6, 6.07) is 4.31. The fourth-order valence-electron chi connectivity index (χ4n) is 3.92. The first-order valence-corrected chi connectivity index (χ1v) is 14.3. The lowest BCUT2D eigenvalue weighted by atomic mass is 9.81. The Balaban J connectivity index is 2.09. The van der Waals surface area contributed by atoms with Crippen molar-refractivity contribution in [3.05, 3.63) is 68.2 Å². The fourth-order valence-corrected chi connectivity index (χ4v) is 6.38.